The van der Waals surface area contributed by atoms with Crippen LogP contribution in [0.5, 0.6) is 5.75 Å². The quantitative estimate of drug-likeness (QED) is 0.756. The van der Waals surface area contributed by atoms with Crippen molar-refractivity contribution in [2.75, 3.05) is 5.32 Å². The lowest BCUT2D eigenvalue weighted by atomic mass is 10.0. The number of amides is 1. The lowest BCUT2D eigenvalue weighted by Crippen LogP contribution is -2.38. The van der Waals surface area contributed by atoms with E-state index in [0.717, 1.165) is 29.4 Å². The number of pyridine rings is 1. The van der Waals surface area contributed by atoms with Gasteiger partial charge in [-0.1, -0.05) is 12.1 Å². The van der Waals surface area contributed by atoms with E-state index in [2.05, 4.69) is 10.3 Å². The topological polar surface area (TPSA) is 76.1 Å². The summed E-state index contributed by atoms with van der Waals surface area (Å²) < 4.78 is 7.70. The van der Waals surface area contributed by atoms with E-state index in [0.29, 0.717) is 22.9 Å². The van der Waals surface area contributed by atoms with Gasteiger partial charge in [-0.2, -0.15) is 0 Å². The second kappa shape index (κ2) is 4.99. The first-order chi connectivity index (χ1) is 12.1. The fourth-order valence-electron chi connectivity index (χ4n) is 3.55. The SMILES string of the molecule is Cn1cc(-c2cccc3c2OC(C2CC2)C(=O)N3)c2cc[nH]c2c1=O. The number of aromatic amines is 1. The zero-order chi connectivity index (χ0) is 17.1. The maximum atomic E-state index is 12.3. The minimum atomic E-state index is -0.428. The van der Waals surface area contributed by atoms with Crippen molar-refractivity contribution in [3.8, 4) is 16.9 Å². The highest BCUT2D eigenvalue weighted by molar-refractivity contribution is 6.02. The standard InChI is InChI=1S/C19H17N3O3/c1-22-9-13(11-7-8-20-15(11)19(22)24)12-3-2-4-14-17(12)25-16(10-5-6-10)18(23)21-14/h2-4,7-10,16,20H,5-6H2,1H3,(H,21,23). The number of anilines is 1. The van der Waals surface area contributed by atoms with E-state index < -0.39 is 6.10 Å². The van der Waals surface area contributed by atoms with Crippen LogP contribution in [0.4, 0.5) is 5.69 Å². The van der Waals surface area contributed by atoms with Gasteiger partial charge in [-0.25, -0.2) is 0 Å². The molecule has 6 heteroatoms. The van der Waals surface area contributed by atoms with Crippen LogP contribution in [0, 0.1) is 5.92 Å². The molecule has 1 aliphatic heterocycles. The number of benzene rings is 1. The number of fused-ring (bicyclic) bond motifs is 2. The first-order valence-electron chi connectivity index (χ1n) is 8.41. The summed E-state index contributed by atoms with van der Waals surface area (Å²) in [5, 5.41) is 3.82. The molecule has 1 aliphatic carbocycles. The molecule has 1 atom stereocenters. The number of hydrogen-bond donors (Lipinski definition) is 2. The van der Waals surface area contributed by atoms with Crippen LogP contribution in [-0.2, 0) is 11.8 Å². The van der Waals surface area contributed by atoms with Crippen molar-refractivity contribution in [3.63, 3.8) is 0 Å². The molecule has 0 radical (unpaired) electrons. The first-order valence-corrected chi connectivity index (χ1v) is 8.41. The van der Waals surface area contributed by atoms with Crippen LogP contribution in [0.2, 0.25) is 0 Å². The Morgan fingerprint density at radius 2 is 2.00 bits per heavy atom. The van der Waals surface area contributed by atoms with E-state index in [9.17, 15) is 9.59 Å². The summed E-state index contributed by atoms with van der Waals surface area (Å²) in [6, 6.07) is 7.59. The zero-order valence-electron chi connectivity index (χ0n) is 13.7. The van der Waals surface area contributed by atoms with E-state index >= 15 is 0 Å². The summed E-state index contributed by atoms with van der Waals surface area (Å²) in [7, 11) is 1.73. The summed E-state index contributed by atoms with van der Waals surface area (Å²) in [5.41, 5.74) is 2.95. The molecule has 25 heavy (non-hydrogen) atoms. The lowest BCUT2D eigenvalue weighted by Gasteiger charge is -2.28. The van der Waals surface area contributed by atoms with Gasteiger partial charge in [-0.05, 0) is 25.0 Å². The van der Waals surface area contributed by atoms with Gasteiger partial charge in [0.2, 0.25) is 0 Å². The highest BCUT2D eigenvalue weighted by atomic mass is 16.5. The van der Waals surface area contributed by atoms with Gasteiger partial charge in [-0.3, -0.25) is 9.59 Å². The fourth-order valence-corrected chi connectivity index (χ4v) is 3.55. The summed E-state index contributed by atoms with van der Waals surface area (Å²) in [4.78, 5) is 27.6. The number of hydrogen-bond acceptors (Lipinski definition) is 3. The van der Waals surface area contributed by atoms with Gasteiger partial charge < -0.3 is 19.6 Å². The van der Waals surface area contributed by atoms with Gasteiger partial charge in [0.25, 0.3) is 11.5 Å². The van der Waals surface area contributed by atoms with E-state index in [-0.39, 0.29) is 11.5 Å². The van der Waals surface area contributed by atoms with Gasteiger partial charge in [0.15, 0.2) is 11.9 Å². The molecule has 1 saturated carbocycles. The summed E-state index contributed by atoms with van der Waals surface area (Å²) in [6.07, 6.45) is 5.21. The van der Waals surface area contributed by atoms with Crippen LogP contribution in [0.1, 0.15) is 12.8 Å². The molecule has 1 fully saturated rings. The van der Waals surface area contributed by atoms with Crippen molar-refractivity contribution < 1.29 is 9.53 Å². The number of ether oxygens (including phenoxy) is 1. The largest absolute Gasteiger partial charge is 0.477 e. The van der Waals surface area contributed by atoms with Gasteiger partial charge >= 0.3 is 0 Å². The molecule has 126 valence electrons. The van der Waals surface area contributed by atoms with Crippen LogP contribution >= 0.6 is 0 Å². The Kier molecular flexibility index (Phi) is 2.86. The summed E-state index contributed by atoms with van der Waals surface area (Å²) >= 11 is 0. The van der Waals surface area contributed by atoms with E-state index in [1.807, 2.05) is 30.5 Å². The van der Waals surface area contributed by atoms with Crippen LogP contribution < -0.4 is 15.6 Å². The molecule has 2 aromatic heterocycles. The van der Waals surface area contributed by atoms with Crippen LogP contribution in [0.3, 0.4) is 0 Å². The van der Waals surface area contributed by atoms with Gasteiger partial charge in [0.1, 0.15) is 5.52 Å². The number of carbonyl (C=O) groups excluding carboxylic acids is 1. The predicted octanol–water partition coefficient (Wildman–Crippen LogP) is 2.64. The van der Waals surface area contributed by atoms with Gasteiger partial charge in [0.05, 0.1) is 5.69 Å². The van der Waals surface area contributed by atoms with Crippen LogP contribution in [0.25, 0.3) is 22.0 Å². The third-order valence-electron chi connectivity index (χ3n) is 5.01. The van der Waals surface area contributed by atoms with Crippen molar-refractivity contribution in [3.05, 3.63) is 47.0 Å². The van der Waals surface area contributed by atoms with Crippen LogP contribution in [0.15, 0.2) is 41.5 Å². The average molecular weight is 335 g/mol. The van der Waals surface area contributed by atoms with E-state index in [1.165, 1.54) is 0 Å². The number of nitrogens with one attached hydrogen (secondary N) is 2. The maximum absolute atomic E-state index is 12.3. The minimum Gasteiger partial charge on any atom is -0.477 e. The molecule has 3 heterocycles. The molecule has 1 unspecified atom stereocenters. The second-order valence-electron chi connectivity index (χ2n) is 6.77. The molecule has 3 aromatic rings. The molecular formula is C19H17N3O3. The maximum Gasteiger partial charge on any atom is 0.274 e. The monoisotopic (exact) mass is 335 g/mol. The predicted molar refractivity (Wildman–Crippen MR) is 94.7 cm³/mol. The van der Waals surface area contributed by atoms with Crippen molar-refractivity contribution in [2.24, 2.45) is 13.0 Å². The number of aryl methyl sites for hydroxylation is 1. The van der Waals surface area contributed by atoms with E-state index in [1.54, 1.807) is 17.8 Å². The van der Waals surface area contributed by atoms with Gasteiger partial charge in [0, 0.05) is 41.9 Å². The molecule has 5 rings (SSSR count). The molecule has 2 aliphatic rings. The van der Waals surface area contributed by atoms with Crippen LogP contribution in [-0.4, -0.2) is 21.6 Å². The molecule has 1 amide bonds. The molecule has 0 bridgehead atoms. The molecule has 2 N–H and O–H groups in total. The molecule has 6 nitrogen and oxygen atoms in total. The highest BCUT2D eigenvalue weighted by Crippen LogP contribution is 2.45. The number of aromatic nitrogens is 2. The Bertz CT molecular complexity index is 1080. The molecule has 0 saturated heterocycles. The minimum absolute atomic E-state index is 0.0700. The smallest absolute Gasteiger partial charge is 0.274 e. The number of rotatable bonds is 2. The lowest BCUT2D eigenvalue weighted by molar-refractivity contribution is -0.124. The Balaban J connectivity index is 1.73. The highest BCUT2D eigenvalue weighted by Gasteiger charge is 2.41. The first kappa shape index (κ1) is 14.3. The molecular weight excluding hydrogens is 318 g/mol. The third-order valence-corrected chi connectivity index (χ3v) is 5.01. The fraction of sp³-hybridized carbons (Fsp3) is 0.263. The Morgan fingerprint density at radius 3 is 2.80 bits per heavy atom. The number of nitrogens with zero attached hydrogens (tertiary/aromatic N) is 1. The van der Waals surface area contributed by atoms with Crippen molar-refractivity contribution in [2.45, 2.75) is 18.9 Å². The Hall–Kier alpha value is -3.02. The average Bonchev–Trinajstić information content (AvgIpc) is 3.33. The van der Waals surface area contributed by atoms with Gasteiger partial charge in [-0.15, -0.1) is 0 Å². The number of H-pyrrole nitrogens is 1. The summed E-state index contributed by atoms with van der Waals surface area (Å²) in [6.45, 7) is 0. The second-order valence-corrected chi connectivity index (χ2v) is 6.77. The van der Waals surface area contributed by atoms with E-state index in [4.69, 9.17) is 4.74 Å². The Labute approximate surface area is 143 Å². The third kappa shape index (κ3) is 2.10. The normalized spacial score (nSPS) is 19.4. The molecule has 1 aromatic carbocycles. The summed E-state index contributed by atoms with van der Waals surface area (Å²) in [5.74, 6) is 0.910. The van der Waals surface area contributed by atoms with Crippen molar-refractivity contribution in [1.82, 2.24) is 9.55 Å². The Morgan fingerprint density at radius 1 is 1.16 bits per heavy atom. The number of para-hydroxylation sites is 1. The van der Waals surface area contributed by atoms with Crippen molar-refractivity contribution in [1.29, 1.82) is 0 Å². The molecule has 0 spiro atoms. The van der Waals surface area contributed by atoms with Crippen molar-refractivity contribution >= 4 is 22.5 Å². The number of carbonyl (C=O) groups is 1. The zero-order valence-corrected chi connectivity index (χ0v) is 13.7.